The first-order valence-corrected chi connectivity index (χ1v) is 8.66. The number of hydrogen-bond acceptors (Lipinski definition) is 4. The second-order valence-electron chi connectivity index (χ2n) is 6.19. The first-order chi connectivity index (χ1) is 13.2. The Bertz CT molecular complexity index is 880. The van der Waals surface area contributed by atoms with Gasteiger partial charge in [-0.05, 0) is 42.0 Å². The molecule has 0 N–H and O–H groups in total. The lowest BCUT2D eigenvalue weighted by molar-refractivity contribution is 0.0784. The number of nitrogens with zero attached hydrogens (tertiary/aromatic N) is 2. The number of carbonyl (C=O) groups is 1. The van der Waals surface area contributed by atoms with Crippen LogP contribution in [0, 0.1) is 0 Å². The Kier molecular flexibility index (Phi) is 6.05. The van der Waals surface area contributed by atoms with Gasteiger partial charge in [-0.3, -0.25) is 9.78 Å². The summed E-state index contributed by atoms with van der Waals surface area (Å²) in [6.45, 7) is 0.927. The molecular weight excluding hydrogens is 340 g/mol. The summed E-state index contributed by atoms with van der Waals surface area (Å²) >= 11 is 0. The van der Waals surface area contributed by atoms with Crippen LogP contribution in [0.25, 0.3) is 0 Å². The van der Waals surface area contributed by atoms with Gasteiger partial charge in [-0.1, -0.05) is 24.3 Å². The van der Waals surface area contributed by atoms with Crippen LogP contribution in [0.1, 0.15) is 21.5 Å². The van der Waals surface area contributed by atoms with E-state index in [1.807, 2.05) is 48.5 Å². The Morgan fingerprint density at radius 2 is 1.81 bits per heavy atom. The molecule has 5 nitrogen and oxygen atoms in total. The molecule has 0 saturated carbocycles. The standard InChI is InChI=1S/C22H22N2O3/c1-24(15-17-8-10-20(26-2)11-9-17)22(25)19-6-3-7-21(13-19)27-16-18-5-4-12-23-14-18/h3-14H,15-16H2,1-2H3. The molecule has 0 saturated heterocycles. The zero-order valence-electron chi connectivity index (χ0n) is 15.5. The van der Waals surface area contributed by atoms with Gasteiger partial charge in [-0.2, -0.15) is 0 Å². The molecule has 5 heteroatoms. The molecule has 0 unspecified atom stereocenters. The third-order valence-electron chi connectivity index (χ3n) is 4.13. The summed E-state index contributed by atoms with van der Waals surface area (Å²) in [7, 11) is 3.42. The number of rotatable bonds is 7. The maximum Gasteiger partial charge on any atom is 0.254 e. The summed E-state index contributed by atoms with van der Waals surface area (Å²) in [6, 6.07) is 18.7. The normalized spacial score (nSPS) is 10.3. The van der Waals surface area contributed by atoms with E-state index < -0.39 is 0 Å². The number of pyridine rings is 1. The summed E-state index contributed by atoms with van der Waals surface area (Å²) in [4.78, 5) is 18.5. The third-order valence-corrected chi connectivity index (χ3v) is 4.13. The molecule has 0 spiro atoms. The zero-order valence-corrected chi connectivity index (χ0v) is 15.5. The van der Waals surface area contributed by atoms with Crippen LogP contribution in [-0.4, -0.2) is 29.9 Å². The Labute approximate surface area is 159 Å². The molecule has 3 rings (SSSR count). The molecule has 0 fully saturated rings. The van der Waals surface area contributed by atoms with Crippen molar-refractivity contribution < 1.29 is 14.3 Å². The van der Waals surface area contributed by atoms with Gasteiger partial charge in [0, 0.05) is 37.1 Å². The molecule has 1 heterocycles. The second kappa shape index (κ2) is 8.85. The molecule has 138 valence electrons. The minimum absolute atomic E-state index is 0.0577. The van der Waals surface area contributed by atoms with Crippen LogP contribution in [0.15, 0.2) is 73.1 Å². The lowest BCUT2D eigenvalue weighted by atomic mass is 10.1. The number of carbonyl (C=O) groups excluding carboxylic acids is 1. The summed E-state index contributed by atoms with van der Waals surface area (Å²) in [5.41, 5.74) is 2.61. The van der Waals surface area contributed by atoms with E-state index in [0.717, 1.165) is 16.9 Å². The molecule has 1 amide bonds. The first kappa shape index (κ1) is 18.5. The van der Waals surface area contributed by atoms with Gasteiger partial charge < -0.3 is 14.4 Å². The number of amides is 1. The Balaban J connectivity index is 1.63. The fraction of sp³-hybridized carbons (Fsp3) is 0.182. The highest BCUT2D eigenvalue weighted by Gasteiger charge is 2.13. The van der Waals surface area contributed by atoms with Gasteiger partial charge in [0.15, 0.2) is 0 Å². The number of benzene rings is 2. The SMILES string of the molecule is COc1ccc(CN(C)C(=O)c2cccc(OCc3cccnc3)c2)cc1. The molecule has 27 heavy (non-hydrogen) atoms. The number of aromatic nitrogens is 1. The number of methoxy groups -OCH3 is 1. The zero-order chi connectivity index (χ0) is 19.1. The van der Waals surface area contributed by atoms with Crippen LogP contribution in [0.5, 0.6) is 11.5 Å². The average molecular weight is 362 g/mol. The molecular formula is C22H22N2O3. The predicted molar refractivity (Wildman–Crippen MR) is 104 cm³/mol. The van der Waals surface area contributed by atoms with Gasteiger partial charge in [0.2, 0.25) is 0 Å². The molecule has 1 aromatic heterocycles. The summed E-state index contributed by atoms with van der Waals surface area (Å²) in [5.74, 6) is 1.39. The summed E-state index contributed by atoms with van der Waals surface area (Å²) in [5, 5.41) is 0. The molecule has 0 radical (unpaired) electrons. The van der Waals surface area contributed by atoms with E-state index in [0.29, 0.717) is 24.5 Å². The molecule has 0 aliphatic heterocycles. The van der Waals surface area contributed by atoms with Crippen LogP contribution < -0.4 is 9.47 Å². The summed E-state index contributed by atoms with van der Waals surface area (Å²) in [6.07, 6.45) is 3.49. The van der Waals surface area contributed by atoms with Crippen molar-refractivity contribution >= 4 is 5.91 Å². The van der Waals surface area contributed by atoms with Gasteiger partial charge in [0.25, 0.3) is 5.91 Å². The van der Waals surface area contributed by atoms with E-state index in [4.69, 9.17) is 9.47 Å². The third kappa shape index (κ3) is 5.07. The molecule has 3 aromatic rings. The summed E-state index contributed by atoms with van der Waals surface area (Å²) < 4.78 is 10.9. The van der Waals surface area contributed by atoms with Crippen molar-refractivity contribution in [3.8, 4) is 11.5 Å². The highest BCUT2D eigenvalue weighted by atomic mass is 16.5. The van der Waals surface area contributed by atoms with Crippen LogP contribution >= 0.6 is 0 Å². The van der Waals surface area contributed by atoms with Crippen LogP contribution in [0.4, 0.5) is 0 Å². The van der Waals surface area contributed by atoms with Gasteiger partial charge >= 0.3 is 0 Å². The van der Waals surface area contributed by atoms with Gasteiger partial charge in [-0.15, -0.1) is 0 Å². The van der Waals surface area contributed by atoms with Crippen LogP contribution in [-0.2, 0) is 13.2 Å². The number of hydrogen-bond donors (Lipinski definition) is 0. The minimum Gasteiger partial charge on any atom is -0.497 e. The topological polar surface area (TPSA) is 51.7 Å². The van der Waals surface area contributed by atoms with Crippen molar-refractivity contribution in [3.63, 3.8) is 0 Å². The van der Waals surface area contributed by atoms with Gasteiger partial charge in [-0.25, -0.2) is 0 Å². The largest absolute Gasteiger partial charge is 0.497 e. The first-order valence-electron chi connectivity index (χ1n) is 8.66. The van der Waals surface area contributed by atoms with E-state index in [1.54, 1.807) is 43.6 Å². The molecule has 0 aliphatic rings. The fourth-order valence-corrected chi connectivity index (χ4v) is 2.67. The maximum atomic E-state index is 12.7. The Morgan fingerprint density at radius 1 is 1.00 bits per heavy atom. The van der Waals surface area contributed by atoms with Crippen molar-refractivity contribution in [2.75, 3.05) is 14.2 Å². The predicted octanol–water partition coefficient (Wildman–Crippen LogP) is 3.94. The van der Waals surface area contributed by atoms with E-state index in [2.05, 4.69) is 4.98 Å². The maximum absolute atomic E-state index is 12.7. The van der Waals surface area contributed by atoms with Crippen molar-refractivity contribution in [2.45, 2.75) is 13.2 Å². The highest BCUT2D eigenvalue weighted by molar-refractivity contribution is 5.94. The Morgan fingerprint density at radius 3 is 2.52 bits per heavy atom. The van der Waals surface area contributed by atoms with Crippen LogP contribution in [0.2, 0.25) is 0 Å². The fourth-order valence-electron chi connectivity index (χ4n) is 2.67. The quantitative estimate of drug-likeness (QED) is 0.639. The molecule has 0 bridgehead atoms. The van der Waals surface area contributed by atoms with Crippen molar-refractivity contribution in [3.05, 3.63) is 89.7 Å². The lowest BCUT2D eigenvalue weighted by Gasteiger charge is -2.18. The lowest BCUT2D eigenvalue weighted by Crippen LogP contribution is -2.26. The van der Waals surface area contributed by atoms with E-state index in [1.165, 1.54) is 0 Å². The smallest absolute Gasteiger partial charge is 0.254 e. The second-order valence-corrected chi connectivity index (χ2v) is 6.19. The van der Waals surface area contributed by atoms with Gasteiger partial charge in [0.1, 0.15) is 18.1 Å². The van der Waals surface area contributed by atoms with Crippen molar-refractivity contribution in [1.29, 1.82) is 0 Å². The minimum atomic E-state index is -0.0577. The average Bonchev–Trinajstić information content (AvgIpc) is 2.73. The Hall–Kier alpha value is -3.34. The van der Waals surface area contributed by atoms with E-state index in [9.17, 15) is 4.79 Å². The van der Waals surface area contributed by atoms with E-state index in [-0.39, 0.29) is 5.91 Å². The molecule has 2 aromatic carbocycles. The molecule has 0 atom stereocenters. The molecule has 0 aliphatic carbocycles. The van der Waals surface area contributed by atoms with Crippen molar-refractivity contribution in [1.82, 2.24) is 9.88 Å². The highest BCUT2D eigenvalue weighted by Crippen LogP contribution is 2.18. The monoisotopic (exact) mass is 362 g/mol. The number of ether oxygens (including phenoxy) is 2. The van der Waals surface area contributed by atoms with E-state index >= 15 is 0 Å². The van der Waals surface area contributed by atoms with Crippen LogP contribution in [0.3, 0.4) is 0 Å². The van der Waals surface area contributed by atoms with Gasteiger partial charge in [0.05, 0.1) is 7.11 Å². The van der Waals surface area contributed by atoms with Crippen molar-refractivity contribution in [2.24, 2.45) is 0 Å².